The smallest absolute Gasteiger partial charge is 0.257 e. The maximum Gasteiger partial charge on any atom is 0.257 e. The summed E-state index contributed by atoms with van der Waals surface area (Å²) in [4.78, 5) is 29.8. The fourth-order valence-corrected chi connectivity index (χ4v) is 3.92. The number of para-hydroxylation sites is 1. The van der Waals surface area contributed by atoms with Crippen LogP contribution in [0.2, 0.25) is 5.02 Å². The molecule has 0 saturated heterocycles. The van der Waals surface area contributed by atoms with Crippen molar-refractivity contribution >= 4 is 23.4 Å². The predicted molar refractivity (Wildman–Crippen MR) is 119 cm³/mol. The first kappa shape index (κ1) is 22.2. The van der Waals surface area contributed by atoms with E-state index in [9.17, 15) is 9.59 Å². The summed E-state index contributed by atoms with van der Waals surface area (Å²) in [7, 11) is 1.80. The fraction of sp³-hybridized carbons (Fsp3) is 0.417. The van der Waals surface area contributed by atoms with Gasteiger partial charge < -0.3 is 14.5 Å². The van der Waals surface area contributed by atoms with Gasteiger partial charge in [-0.3, -0.25) is 9.59 Å². The molecule has 0 unspecified atom stereocenters. The number of carbonyl (C=O) groups is 2. The van der Waals surface area contributed by atoms with Crippen LogP contribution in [0.1, 0.15) is 47.4 Å². The third-order valence-electron chi connectivity index (χ3n) is 5.52. The van der Waals surface area contributed by atoms with E-state index in [-0.39, 0.29) is 23.8 Å². The SMILES string of the molecule is CC(C)[C@H]1COc2ccccc2C(=O)N(C)CCCCN1C(=O)c1cccc(Cl)c1. The molecule has 1 atom stereocenters. The van der Waals surface area contributed by atoms with Crippen LogP contribution in [-0.2, 0) is 0 Å². The van der Waals surface area contributed by atoms with E-state index in [0.717, 1.165) is 12.8 Å². The van der Waals surface area contributed by atoms with E-state index in [1.54, 1.807) is 42.3 Å². The molecule has 0 saturated carbocycles. The number of hydrogen-bond acceptors (Lipinski definition) is 3. The number of amides is 2. The van der Waals surface area contributed by atoms with Gasteiger partial charge in [0.25, 0.3) is 11.8 Å². The number of hydrogen-bond donors (Lipinski definition) is 0. The molecular formula is C24H29ClN2O3. The summed E-state index contributed by atoms with van der Waals surface area (Å²) < 4.78 is 6.13. The molecule has 0 spiro atoms. The van der Waals surface area contributed by atoms with Crippen LogP contribution in [0.3, 0.4) is 0 Å². The quantitative estimate of drug-likeness (QED) is 0.693. The molecule has 2 aromatic rings. The largest absolute Gasteiger partial charge is 0.491 e. The molecule has 160 valence electrons. The molecule has 5 nitrogen and oxygen atoms in total. The van der Waals surface area contributed by atoms with E-state index < -0.39 is 0 Å². The van der Waals surface area contributed by atoms with Crippen LogP contribution in [0, 0.1) is 5.92 Å². The molecule has 0 aliphatic carbocycles. The third-order valence-corrected chi connectivity index (χ3v) is 5.75. The molecule has 1 aliphatic heterocycles. The Morgan fingerprint density at radius 3 is 2.57 bits per heavy atom. The topological polar surface area (TPSA) is 49.9 Å². The number of halogens is 1. The van der Waals surface area contributed by atoms with Crippen LogP contribution >= 0.6 is 11.6 Å². The second-order valence-corrected chi connectivity index (χ2v) is 8.50. The second kappa shape index (κ2) is 9.98. The van der Waals surface area contributed by atoms with Gasteiger partial charge in [0, 0.05) is 30.7 Å². The lowest BCUT2D eigenvalue weighted by molar-refractivity contribution is 0.0515. The molecule has 0 N–H and O–H groups in total. The van der Waals surface area contributed by atoms with E-state index in [4.69, 9.17) is 16.3 Å². The monoisotopic (exact) mass is 428 g/mol. The molecule has 3 rings (SSSR count). The van der Waals surface area contributed by atoms with Gasteiger partial charge in [-0.05, 0) is 49.1 Å². The van der Waals surface area contributed by atoms with Gasteiger partial charge >= 0.3 is 0 Å². The summed E-state index contributed by atoms with van der Waals surface area (Å²) in [5, 5.41) is 0.543. The van der Waals surface area contributed by atoms with Crippen molar-refractivity contribution in [3.63, 3.8) is 0 Å². The standard InChI is InChI=1S/C24H29ClN2O3/c1-17(2)21-16-30-22-12-5-4-11-20(22)24(29)26(3)13-6-7-14-27(21)23(28)18-9-8-10-19(25)15-18/h4-5,8-12,15,17,21H,6-7,13-14,16H2,1-3H3/t21-/m1/s1. The van der Waals surface area contributed by atoms with Crippen LogP contribution in [0.15, 0.2) is 48.5 Å². The third kappa shape index (κ3) is 5.14. The lowest BCUT2D eigenvalue weighted by Crippen LogP contribution is -2.47. The summed E-state index contributed by atoms with van der Waals surface area (Å²) in [6.45, 7) is 5.71. The zero-order valence-electron chi connectivity index (χ0n) is 17.8. The molecule has 1 heterocycles. The summed E-state index contributed by atoms with van der Waals surface area (Å²) in [5.74, 6) is 0.644. The van der Waals surface area contributed by atoms with E-state index >= 15 is 0 Å². The Morgan fingerprint density at radius 2 is 1.83 bits per heavy atom. The Balaban J connectivity index is 1.94. The first-order valence-corrected chi connectivity index (χ1v) is 10.8. The molecule has 0 aromatic heterocycles. The van der Waals surface area contributed by atoms with Crippen molar-refractivity contribution in [3.8, 4) is 5.75 Å². The van der Waals surface area contributed by atoms with E-state index in [1.807, 2.05) is 23.1 Å². The molecule has 2 aromatic carbocycles. The van der Waals surface area contributed by atoms with Crippen LogP contribution < -0.4 is 4.74 Å². The van der Waals surface area contributed by atoms with Crippen molar-refractivity contribution < 1.29 is 14.3 Å². The van der Waals surface area contributed by atoms with Crippen molar-refractivity contribution in [1.82, 2.24) is 9.80 Å². The normalized spacial score (nSPS) is 18.3. The summed E-state index contributed by atoms with van der Waals surface area (Å²) >= 11 is 6.13. The van der Waals surface area contributed by atoms with Gasteiger partial charge in [0.2, 0.25) is 0 Å². The minimum Gasteiger partial charge on any atom is -0.491 e. The van der Waals surface area contributed by atoms with Gasteiger partial charge in [-0.25, -0.2) is 0 Å². The van der Waals surface area contributed by atoms with Crippen molar-refractivity contribution in [3.05, 3.63) is 64.7 Å². The van der Waals surface area contributed by atoms with Crippen LogP contribution in [0.5, 0.6) is 5.75 Å². The van der Waals surface area contributed by atoms with Crippen LogP contribution in [-0.4, -0.2) is 54.4 Å². The average molecular weight is 429 g/mol. The summed E-state index contributed by atoms with van der Waals surface area (Å²) in [5.41, 5.74) is 1.13. The number of carbonyl (C=O) groups excluding carboxylic acids is 2. The molecule has 0 radical (unpaired) electrons. The highest BCUT2D eigenvalue weighted by molar-refractivity contribution is 6.30. The van der Waals surface area contributed by atoms with Crippen LogP contribution in [0.4, 0.5) is 0 Å². The minimum atomic E-state index is -0.128. The molecule has 0 fully saturated rings. The van der Waals surface area contributed by atoms with Gasteiger partial charge in [-0.2, -0.15) is 0 Å². The van der Waals surface area contributed by atoms with E-state index in [2.05, 4.69) is 13.8 Å². The highest BCUT2D eigenvalue weighted by atomic mass is 35.5. The lowest BCUT2D eigenvalue weighted by Gasteiger charge is -2.35. The van der Waals surface area contributed by atoms with E-state index in [1.165, 1.54) is 0 Å². The Bertz CT molecular complexity index is 900. The van der Waals surface area contributed by atoms with Gasteiger partial charge in [-0.15, -0.1) is 0 Å². The van der Waals surface area contributed by atoms with Gasteiger partial charge in [0.1, 0.15) is 12.4 Å². The maximum atomic E-state index is 13.4. The van der Waals surface area contributed by atoms with Crippen molar-refractivity contribution in [2.24, 2.45) is 5.92 Å². The maximum absolute atomic E-state index is 13.4. The highest BCUT2D eigenvalue weighted by Crippen LogP contribution is 2.24. The van der Waals surface area contributed by atoms with Crippen molar-refractivity contribution in [2.75, 3.05) is 26.7 Å². The molecule has 0 bridgehead atoms. The average Bonchev–Trinajstić information content (AvgIpc) is 2.73. The Hall–Kier alpha value is -2.53. The van der Waals surface area contributed by atoms with E-state index in [0.29, 0.717) is 41.6 Å². The number of benzene rings is 2. The molecule has 30 heavy (non-hydrogen) atoms. The zero-order chi connectivity index (χ0) is 21.7. The highest BCUT2D eigenvalue weighted by Gasteiger charge is 2.29. The Labute approximate surface area is 183 Å². The first-order chi connectivity index (χ1) is 14.4. The van der Waals surface area contributed by atoms with Crippen molar-refractivity contribution in [2.45, 2.75) is 32.7 Å². The summed E-state index contributed by atoms with van der Waals surface area (Å²) in [6, 6.07) is 14.2. The first-order valence-electron chi connectivity index (χ1n) is 10.4. The number of ether oxygens (including phenoxy) is 1. The Morgan fingerprint density at radius 1 is 1.10 bits per heavy atom. The van der Waals surface area contributed by atoms with Gasteiger partial charge in [0.15, 0.2) is 0 Å². The number of rotatable bonds is 2. The zero-order valence-corrected chi connectivity index (χ0v) is 18.6. The van der Waals surface area contributed by atoms with Crippen LogP contribution in [0.25, 0.3) is 0 Å². The van der Waals surface area contributed by atoms with Gasteiger partial charge in [-0.1, -0.05) is 43.6 Å². The minimum absolute atomic E-state index is 0.0425. The molecule has 6 heteroatoms. The molecule has 2 amide bonds. The number of nitrogens with zero attached hydrogens (tertiary/aromatic N) is 2. The lowest BCUT2D eigenvalue weighted by atomic mass is 10.0. The molecule has 1 aliphatic rings. The fourth-order valence-electron chi connectivity index (χ4n) is 3.73. The predicted octanol–water partition coefficient (Wildman–Crippen LogP) is 4.75. The van der Waals surface area contributed by atoms with Crippen molar-refractivity contribution in [1.29, 1.82) is 0 Å². The second-order valence-electron chi connectivity index (χ2n) is 8.06. The molecular weight excluding hydrogens is 400 g/mol. The number of fused-ring (bicyclic) bond motifs is 1. The van der Waals surface area contributed by atoms with Gasteiger partial charge in [0.05, 0.1) is 11.6 Å². The summed E-state index contributed by atoms with van der Waals surface area (Å²) in [6.07, 6.45) is 1.62. The Kier molecular flexibility index (Phi) is 7.38.